The van der Waals surface area contributed by atoms with Crippen molar-refractivity contribution in [2.45, 2.75) is 52.0 Å². The van der Waals surface area contributed by atoms with E-state index in [9.17, 15) is 4.79 Å². The van der Waals surface area contributed by atoms with E-state index >= 15 is 0 Å². The summed E-state index contributed by atoms with van der Waals surface area (Å²) < 4.78 is 5.36. The first-order valence-corrected chi connectivity index (χ1v) is 7.88. The maximum Gasteiger partial charge on any atom is 0.236 e. The van der Waals surface area contributed by atoms with Gasteiger partial charge in [0.05, 0.1) is 0 Å². The summed E-state index contributed by atoms with van der Waals surface area (Å²) in [6.07, 6.45) is 4.09. The zero-order chi connectivity index (χ0) is 15.5. The van der Waals surface area contributed by atoms with Gasteiger partial charge in [0.25, 0.3) is 0 Å². The average Bonchev–Trinajstić information content (AvgIpc) is 3.31. The molecule has 1 saturated heterocycles. The highest BCUT2D eigenvalue weighted by atomic mass is 16.5. The van der Waals surface area contributed by atoms with Crippen LogP contribution in [0.5, 0.6) is 0 Å². The summed E-state index contributed by atoms with van der Waals surface area (Å²) in [5, 5.41) is 12.3. The second-order valence-electron chi connectivity index (χ2n) is 6.59. The van der Waals surface area contributed by atoms with Gasteiger partial charge in [-0.3, -0.25) is 4.79 Å². The number of carbonyl (C=O) groups is 1. The van der Waals surface area contributed by atoms with Gasteiger partial charge >= 0.3 is 0 Å². The largest absolute Gasteiger partial charge is 0.409 e. The quantitative estimate of drug-likeness (QED) is 0.337. The monoisotopic (exact) mass is 297 g/mol. The number of nitrogens with zero attached hydrogens (tertiary/aromatic N) is 2. The number of nitrogens with two attached hydrogens (primary N) is 1. The van der Waals surface area contributed by atoms with Gasteiger partial charge in [0.2, 0.25) is 5.91 Å². The van der Waals surface area contributed by atoms with Gasteiger partial charge in [0, 0.05) is 25.8 Å². The van der Waals surface area contributed by atoms with Crippen LogP contribution in [0.15, 0.2) is 5.16 Å². The van der Waals surface area contributed by atoms with Crippen molar-refractivity contribution in [1.82, 2.24) is 4.90 Å². The lowest BCUT2D eigenvalue weighted by Crippen LogP contribution is -2.54. The SMILES string of the molecule is CC(C)CCN(C(=O)C1(C(N)=NO)CCOCC1)C1CC1. The Morgan fingerprint density at radius 1 is 1.43 bits per heavy atom. The van der Waals surface area contributed by atoms with Crippen molar-refractivity contribution < 1.29 is 14.7 Å². The molecule has 1 amide bonds. The summed E-state index contributed by atoms with van der Waals surface area (Å²) >= 11 is 0. The first-order valence-electron chi connectivity index (χ1n) is 7.88. The molecule has 120 valence electrons. The molecule has 1 heterocycles. The fourth-order valence-electron chi connectivity index (χ4n) is 2.90. The predicted octanol–water partition coefficient (Wildman–Crippen LogP) is 1.57. The van der Waals surface area contributed by atoms with Crippen LogP contribution >= 0.6 is 0 Å². The maximum absolute atomic E-state index is 13.1. The number of hydrogen-bond donors (Lipinski definition) is 2. The topological polar surface area (TPSA) is 88.2 Å². The molecule has 1 aliphatic carbocycles. The van der Waals surface area contributed by atoms with Crippen LogP contribution in [0.4, 0.5) is 0 Å². The van der Waals surface area contributed by atoms with Crippen LogP contribution < -0.4 is 5.73 Å². The van der Waals surface area contributed by atoms with Gasteiger partial charge in [-0.05, 0) is 38.0 Å². The Morgan fingerprint density at radius 3 is 2.52 bits per heavy atom. The number of oxime groups is 1. The molecule has 1 saturated carbocycles. The Balaban J connectivity index is 2.18. The van der Waals surface area contributed by atoms with E-state index in [0.717, 1.165) is 25.8 Å². The van der Waals surface area contributed by atoms with Crippen LogP contribution in [0.25, 0.3) is 0 Å². The molecule has 0 atom stereocenters. The Hall–Kier alpha value is -1.30. The Morgan fingerprint density at radius 2 is 2.05 bits per heavy atom. The molecule has 0 aromatic heterocycles. The van der Waals surface area contributed by atoms with E-state index in [0.29, 0.717) is 38.0 Å². The first-order chi connectivity index (χ1) is 10.0. The number of amides is 1. The zero-order valence-electron chi connectivity index (χ0n) is 13.0. The van der Waals surface area contributed by atoms with Crippen LogP contribution in [0.1, 0.15) is 46.0 Å². The summed E-state index contributed by atoms with van der Waals surface area (Å²) in [7, 11) is 0. The third-order valence-corrected chi connectivity index (χ3v) is 4.55. The molecule has 6 nitrogen and oxygen atoms in total. The number of ether oxygens (including phenoxy) is 1. The molecule has 2 rings (SSSR count). The van der Waals surface area contributed by atoms with Crippen molar-refractivity contribution in [2.24, 2.45) is 22.2 Å². The van der Waals surface area contributed by atoms with Crippen molar-refractivity contribution in [3.05, 3.63) is 0 Å². The van der Waals surface area contributed by atoms with E-state index < -0.39 is 5.41 Å². The van der Waals surface area contributed by atoms with Crippen molar-refractivity contribution >= 4 is 11.7 Å². The van der Waals surface area contributed by atoms with E-state index in [1.165, 1.54) is 0 Å². The molecule has 2 aliphatic rings. The lowest BCUT2D eigenvalue weighted by Gasteiger charge is -2.39. The Bertz CT molecular complexity index is 399. The summed E-state index contributed by atoms with van der Waals surface area (Å²) in [6, 6.07) is 0.336. The fraction of sp³-hybridized carbons (Fsp3) is 0.867. The van der Waals surface area contributed by atoms with Crippen molar-refractivity contribution in [2.75, 3.05) is 19.8 Å². The number of hydrogen-bond acceptors (Lipinski definition) is 4. The number of amidine groups is 1. The van der Waals surface area contributed by atoms with E-state index in [4.69, 9.17) is 15.7 Å². The molecule has 0 aromatic rings. The Kier molecular flexibility index (Phi) is 5.08. The maximum atomic E-state index is 13.1. The molecule has 0 spiro atoms. The third kappa shape index (κ3) is 3.48. The summed E-state index contributed by atoms with van der Waals surface area (Å²) in [6.45, 7) is 6.02. The minimum atomic E-state index is -0.882. The highest BCUT2D eigenvalue weighted by molar-refractivity contribution is 6.07. The average molecular weight is 297 g/mol. The molecule has 0 aromatic carbocycles. The lowest BCUT2D eigenvalue weighted by atomic mass is 9.77. The first kappa shape index (κ1) is 16.1. The van der Waals surface area contributed by atoms with Gasteiger partial charge in [-0.1, -0.05) is 19.0 Å². The molecule has 2 fully saturated rings. The molecule has 3 N–H and O–H groups in total. The predicted molar refractivity (Wildman–Crippen MR) is 80.1 cm³/mol. The minimum Gasteiger partial charge on any atom is -0.409 e. The second kappa shape index (κ2) is 6.64. The van der Waals surface area contributed by atoms with Crippen LogP contribution in [-0.4, -0.2) is 47.7 Å². The molecular weight excluding hydrogens is 270 g/mol. The second-order valence-corrected chi connectivity index (χ2v) is 6.59. The molecule has 6 heteroatoms. The fourth-order valence-corrected chi connectivity index (χ4v) is 2.90. The van der Waals surface area contributed by atoms with Crippen molar-refractivity contribution in [1.29, 1.82) is 0 Å². The summed E-state index contributed by atoms with van der Waals surface area (Å²) in [4.78, 5) is 15.1. The van der Waals surface area contributed by atoms with Crippen LogP contribution in [-0.2, 0) is 9.53 Å². The Labute approximate surface area is 126 Å². The highest BCUT2D eigenvalue weighted by Gasteiger charge is 2.49. The van der Waals surface area contributed by atoms with Gasteiger partial charge in [0.15, 0.2) is 5.84 Å². The number of carbonyl (C=O) groups excluding carboxylic acids is 1. The van der Waals surface area contributed by atoms with E-state index in [1.54, 1.807) is 0 Å². The van der Waals surface area contributed by atoms with Gasteiger partial charge in [-0.15, -0.1) is 0 Å². The van der Waals surface area contributed by atoms with Crippen LogP contribution in [0.3, 0.4) is 0 Å². The molecule has 21 heavy (non-hydrogen) atoms. The van der Waals surface area contributed by atoms with Gasteiger partial charge < -0.3 is 20.6 Å². The lowest BCUT2D eigenvalue weighted by molar-refractivity contribution is -0.143. The smallest absolute Gasteiger partial charge is 0.236 e. The molecular formula is C15H27N3O3. The molecule has 0 radical (unpaired) electrons. The normalized spacial score (nSPS) is 22.3. The van der Waals surface area contributed by atoms with Crippen molar-refractivity contribution in [3.8, 4) is 0 Å². The third-order valence-electron chi connectivity index (χ3n) is 4.55. The van der Waals surface area contributed by atoms with Crippen molar-refractivity contribution in [3.63, 3.8) is 0 Å². The van der Waals surface area contributed by atoms with Crippen LogP contribution in [0, 0.1) is 11.3 Å². The molecule has 0 unspecified atom stereocenters. The van der Waals surface area contributed by atoms with Gasteiger partial charge in [-0.25, -0.2) is 0 Å². The minimum absolute atomic E-state index is 0.0178. The van der Waals surface area contributed by atoms with E-state index in [1.807, 2.05) is 4.90 Å². The van der Waals surface area contributed by atoms with E-state index in [2.05, 4.69) is 19.0 Å². The summed E-state index contributed by atoms with van der Waals surface area (Å²) in [5.41, 5.74) is 5.01. The highest BCUT2D eigenvalue weighted by Crippen LogP contribution is 2.37. The van der Waals surface area contributed by atoms with Gasteiger partial charge in [0.1, 0.15) is 5.41 Å². The molecule has 0 bridgehead atoms. The van der Waals surface area contributed by atoms with E-state index in [-0.39, 0.29) is 11.7 Å². The standard InChI is InChI=1S/C15H27N3O3/c1-11(2)5-8-18(12-3-4-12)14(19)15(13(16)17-20)6-9-21-10-7-15/h11-12,20H,3-10H2,1-2H3,(H2,16,17). The zero-order valence-corrected chi connectivity index (χ0v) is 13.0. The van der Waals surface area contributed by atoms with Crippen LogP contribution in [0.2, 0.25) is 0 Å². The number of rotatable bonds is 6. The van der Waals surface area contributed by atoms with Gasteiger partial charge in [-0.2, -0.15) is 0 Å². The summed E-state index contributed by atoms with van der Waals surface area (Å²) in [5.74, 6) is 0.601. The molecule has 1 aliphatic heterocycles.